The predicted molar refractivity (Wildman–Crippen MR) is 81.7 cm³/mol. The summed E-state index contributed by atoms with van der Waals surface area (Å²) in [4.78, 5) is 4.27. The maximum atomic E-state index is 13.6. The minimum Gasteiger partial charge on any atom is -0.487 e. The maximum Gasteiger partial charge on any atom is 0.130 e. The van der Waals surface area contributed by atoms with Gasteiger partial charge in [0, 0.05) is 18.8 Å². The van der Waals surface area contributed by atoms with Gasteiger partial charge in [-0.25, -0.2) is 4.39 Å². The molecule has 1 aromatic carbocycles. The van der Waals surface area contributed by atoms with Crippen LogP contribution in [0.4, 0.5) is 4.39 Å². The first kappa shape index (κ1) is 15.4. The molecular weight excluding hydrogens is 267 g/mol. The third-order valence-corrected chi connectivity index (χ3v) is 3.18. The zero-order valence-corrected chi connectivity index (χ0v) is 12.5. The highest BCUT2D eigenvalue weighted by Crippen LogP contribution is 2.18. The van der Waals surface area contributed by atoms with E-state index in [0.29, 0.717) is 18.9 Å². The van der Waals surface area contributed by atoms with Crippen LogP contribution in [0.25, 0.3) is 0 Å². The molecule has 0 aliphatic rings. The van der Waals surface area contributed by atoms with Crippen LogP contribution in [0.3, 0.4) is 0 Å². The summed E-state index contributed by atoms with van der Waals surface area (Å²) < 4.78 is 19.3. The van der Waals surface area contributed by atoms with Gasteiger partial charge in [0.2, 0.25) is 0 Å². The van der Waals surface area contributed by atoms with Gasteiger partial charge in [-0.1, -0.05) is 13.0 Å². The molecule has 0 aliphatic carbocycles. The van der Waals surface area contributed by atoms with Crippen molar-refractivity contribution in [1.29, 1.82) is 0 Å². The summed E-state index contributed by atoms with van der Waals surface area (Å²) >= 11 is 0. The van der Waals surface area contributed by atoms with Gasteiger partial charge in [-0.05, 0) is 49.2 Å². The quantitative estimate of drug-likeness (QED) is 0.790. The van der Waals surface area contributed by atoms with E-state index >= 15 is 0 Å². The van der Waals surface area contributed by atoms with Crippen molar-refractivity contribution in [3.63, 3.8) is 0 Å². The molecule has 112 valence electrons. The van der Waals surface area contributed by atoms with Crippen LogP contribution >= 0.6 is 0 Å². The number of benzene rings is 1. The lowest BCUT2D eigenvalue weighted by atomic mass is 10.2. The van der Waals surface area contributed by atoms with Crippen LogP contribution in [0, 0.1) is 12.7 Å². The van der Waals surface area contributed by atoms with Gasteiger partial charge in [-0.2, -0.15) is 0 Å². The summed E-state index contributed by atoms with van der Waals surface area (Å²) in [5.41, 5.74) is 2.82. The lowest BCUT2D eigenvalue weighted by Gasteiger charge is -2.10. The van der Waals surface area contributed by atoms with E-state index in [-0.39, 0.29) is 5.82 Å². The van der Waals surface area contributed by atoms with Crippen molar-refractivity contribution in [3.8, 4) is 5.75 Å². The zero-order chi connectivity index (χ0) is 15.1. The van der Waals surface area contributed by atoms with Crippen molar-refractivity contribution in [1.82, 2.24) is 10.3 Å². The summed E-state index contributed by atoms with van der Waals surface area (Å²) in [5.74, 6) is 0.256. The highest BCUT2D eigenvalue weighted by Gasteiger charge is 2.04. The molecule has 0 spiro atoms. The third kappa shape index (κ3) is 4.83. The minimum atomic E-state index is -0.279. The van der Waals surface area contributed by atoms with Gasteiger partial charge in [0.25, 0.3) is 0 Å². The molecule has 1 heterocycles. The van der Waals surface area contributed by atoms with Gasteiger partial charge in [-0.15, -0.1) is 0 Å². The number of rotatable bonds is 7. The Labute approximate surface area is 125 Å². The van der Waals surface area contributed by atoms with Gasteiger partial charge < -0.3 is 10.1 Å². The summed E-state index contributed by atoms with van der Waals surface area (Å²) in [6.07, 6.45) is 2.79. The second kappa shape index (κ2) is 7.74. The Hall–Kier alpha value is -1.94. The largest absolute Gasteiger partial charge is 0.487 e. The number of nitrogens with zero attached hydrogens (tertiary/aromatic N) is 1. The fourth-order valence-electron chi connectivity index (χ4n) is 2.04. The summed E-state index contributed by atoms with van der Waals surface area (Å²) in [7, 11) is 0. The minimum absolute atomic E-state index is 0.279. The fourth-order valence-corrected chi connectivity index (χ4v) is 2.04. The Morgan fingerprint density at radius 1 is 1.29 bits per heavy atom. The summed E-state index contributed by atoms with van der Waals surface area (Å²) in [6, 6.07) is 8.67. The van der Waals surface area contributed by atoms with Crippen LogP contribution in [0.15, 0.2) is 36.5 Å². The summed E-state index contributed by atoms with van der Waals surface area (Å²) in [5, 5.41) is 3.25. The van der Waals surface area contributed by atoms with Crippen molar-refractivity contribution in [2.45, 2.75) is 33.4 Å². The molecular formula is C17H21FN2O. The Morgan fingerprint density at radius 2 is 2.14 bits per heavy atom. The lowest BCUT2D eigenvalue weighted by Crippen LogP contribution is -2.14. The van der Waals surface area contributed by atoms with E-state index in [1.54, 1.807) is 6.20 Å². The molecule has 0 unspecified atom stereocenters. The number of nitrogens with one attached hydrogen (secondary N) is 1. The predicted octanol–water partition coefficient (Wildman–Crippen LogP) is 3.61. The molecule has 0 aliphatic heterocycles. The van der Waals surface area contributed by atoms with Crippen LogP contribution in [0.1, 0.15) is 30.2 Å². The normalized spacial score (nSPS) is 10.6. The van der Waals surface area contributed by atoms with Gasteiger partial charge in [0.15, 0.2) is 0 Å². The number of aromatic nitrogens is 1. The molecule has 0 bridgehead atoms. The first-order valence-electron chi connectivity index (χ1n) is 7.22. The first-order chi connectivity index (χ1) is 10.2. The molecule has 1 aromatic heterocycles. The van der Waals surface area contributed by atoms with Crippen molar-refractivity contribution in [3.05, 3.63) is 59.2 Å². The van der Waals surface area contributed by atoms with E-state index in [0.717, 1.165) is 29.8 Å². The van der Waals surface area contributed by atoms with Crippen LogP contribution in [-0.4, -0.2) is 11.5 Å². The number of hydrogen-bond donors (Lipinski definition) is 1. The molecule has 1 N–H and O–H groups in total. The Balaban J connectivity index is 2.01. The lowest BCUT2D eigenvalue weighted by molar-refractivity contribution is 0.298. The monoisotopic (exact) mass is 288 g/mol. The molecule has 3 nitrogen and oxygen atoms in total. The molecule has 0 fully saturated rings. The van der Waals surface area contributed by atoms with Gasteiger partial charge >= 0.3 is 0 Å². The van der Waals surface area contributed by atoms with E-state index in [1.165, 1.54) is 12.1 Å². The van der Waals surface area contributed by atoms with Crippen molar-refractivity contribution in [2.24, 2.45) is 0 Å². The van der Waals surface area contributed by atoms with Crippen molar-refractivity contribution in [2.75, 3.05) is 6.54 Å². The molecule has 4 heteroatoms. The second-order valence-electron chi connectivity index (χ2n) is 5.03. The average Bonchev–Trinajstić information content (AvgIpc) is 2.46. The summed E-state index contributed by atoms with van der Waals surface area (Å²) in [6.45, 7) is 5.99. The van der Waals surface area contributed by atoms with Crippen molar-refractivity contribution >= 4 is 0 Å². The SMILES string of the molecule is CCCNCc1cc(F)cc(OCc2ncccc2C)c1. The van der Waals surface area contributed by atoms with Gasteiger partial charge in [0.05, 0.1) is 5.69 Å². The molecule has 0 radical (unpaired) electrons. The first-order valence-corrected chi connectivity index (χ1v) is 7.22. The number of pyridine rings is 1. The van der Waals surface area contributed by atoms with Gasteiger partial charge in [-0.3, -0.25) is 4.98 Å². The molecule has 0 saturated heterocycles. The molecule has 0 atom stereocenters. The van der Waals surface area contributed by atoms with Crippen LogP contribution in [0.5, 0.6) is 5.75 Å². The highest BCUT2D eigenvalue weighted by molar-refractivity contribution is 5.30. The Bertz CT molecular complexity index is 587. The van der Waals surface area contributed by atoms with E-state index in [1.807, 2.05) is 25.1 Å². The fraction of sp³-hybridized carbons (Fsp3) is 0.353. The van der Waals surface area contributed by atoms with Crippen molar-refractivity contribution < 1.29 is 9.13 Å². The Kier molecular flexibility index (Phi) is 5.69. The molecule has 2 aromatic rings. The number of hydrogen-bond acceptors (Lipinski definition) is 3. The molecule has 0 amide bonds. The van der Waals surface area contributed by atoms with Crippen LogP contribution < -0.4 is 10.1 Å². The standard InChI is InChI=1S/C17H21FN2O/c1-3-6-19-11-14-8-15(18)10-16(9-14)21-12-17-13(2)5-4-7-20-17/h4-5,7-10,19H,3,6,11-12H2,1-2H3. The van der Waals surface area contributed by atoms with E-state index in [9.17, 15) is 4.39 Å². The number of halogens is 1. The van der Waals surface area contributed by atoms with Crippen LogP contribution in [0.2, 0.25) is 0 Å². The van der Waals surface area contributed by atoms with E-state index in [4.69, 9.17) is 4.74 Å². The highest BCUT2D eigenvalue weighted by atomic mass is 19.1. The molecule has 21 heavy (non-hydrogen) atoms. The Morgan fingerprint density at radius 3 is 2.90 bits per heavy atom. The van der Waals surface area contributed by atoms with E-state index < -0.39 is 0 Å². The molecule has 0 saturated carbocycles. The zero-order valence-electron chi connectivity index (χ0n) is 12.5. The number of aryl methyl sites for hydroxylation is 1. The van der Waals surface area contributed by atoms with E-state index in [2.05, 4.69) is 17.2 Å². The van der Waals surface area contributed by atoms with Crippen LogP contribution in [-0.2, 0) is 13.2 Å². The topological polar surface area (TPSA) is 34.1 Å². The second-order valence-corrected chi connectivity index (χ2v) is 5.03. The van der Waals surface area contributed by atoms with Gasteiger partial charge in [0.1, 0.15) is 18.2 Å². The smallest absolute Gasteiger partial charge is 0.130 e. The molecule has 2 rings (SSSR count). The maximum absolute atomic E-state index is 13.6. The third-order valence-electron chi connectivity index (χ3n) is 3.18. The average molecular weight is 288 g/mol. The number of ether oxygens (including phenoxy) is 1.